The minimum Gasteiger partial charge on any atom is -0.457 e. The van der Waals surface area contributed by atoms with Crippen LogP contribution < -0.4 is 15.4 Å². The number of anilines is 2. The molecule has 0 aliphatic carbocycles. The first-order chi connectivity index (χ1) is 22.1. The van der Waals surface area contributed by atoms with Gasteiger partial charge in [-0.1, -0.05) is 60.7 Å². The zero-order valence-corrected chi connectivity index (χ0v) is 25.2. The molecule has 1 aliphatic heterocycles. The number of urea groups is 1. The van der Waals surface area contributed by atoms with Gasteiger partial charge >= 0.3 is 6.03 Å². The van der Waals surface area contributed by atoms with Gasteiger partial charge in [0.05, 0.1) is 23.8 Å². The molecule has 3 atom stereocenters. The fourth-order valence-corrected chi connectivity index (χ4v) is 5.76. The number of aliphatic hydroxyl groups is 1. The number of ether oxygens (including phenoxy) is 3. The molecule has 0 radical (unpaired) electrons. The number of hydrogen-bond acceptors (Lipinski definition) is 7. The molecule has 1 saturated heterocycles. The number of para-hydroxylation sites is 1. The van der Waals surface area contributed by atoms with Gasteiger partial charge in [-0.15, -0.1) is 11.8 Å². The third-order valence-corrected chi connectivity index (χ3v) is 8.28. The highest BCUT2D eigenvalue weighted by molar-refractivity contribution is 7.99. The van der Waals surface area contributed by atoms with E-state index in [2.05, 4.69) is 15.6 Å². The lowest BCUT2D eigenvalue weighted by Crippen LogP contribution is -2.31. The number of pyridine rings is 1. The van der Waals surface area contributed by atoms with E-state index in [4.69, 9.17) is 14.2 Å². The molecule has 1 aromatic heterocycles. The molecular formula is C36H33N3O5S. The second-order valence-electron chi connectivity index (χ2n) is 10.5. The second kappa shape index (κ2) is 14.9. The predicted octanol–water partition coefficient (Wildman–Crippen LogP) is 8.35. The monoisotopic (exact) mass is 619 g/mol. The van der Waals surface area contributed by atoms with Crippen LogP contribution in [0.25, 0.3) is 0 Å². The predicted molar refractivity (Wildman–Crippen MR) is 175 cm³/mol. The van der Waals surface area contributed by atoms with Gasteiger partial charge < -0.3 is 30.0 Å². The van der Waals surface area contributed by atoms with E-state index < -0.39 is 6.29 Å². The molecule has 0 bridgehead atoms. The Hall–Kier alpha value is -4.67. The molecule has 6 rings (SSSR count). The number of amides is 2. The van der Waals surface area contributed by atoms with Gasteiger partial charge in [-0.05, 0) is 71.8 Å². The number of carbonyl (C=O) groups is 1. The van der Waals surface area contributed by atoms with Crippen molar-refractivity contribution in [2.75, 3.05) is 16.4 Å². The number of rotatable bonds is 10. The molecule has 228 valence electrons. The quantitative estimate of drug-likeness (QED) is 0.135. The average molecular weight is 620 g/mol. The number of nitrogens with one attached hydrogen (secondary N) is 2. The zero-order valence-electron chi connectivity index (χ0n) is 24.4. The molecule has 3 N–H and O–H groups in total. The maximum absolute atomic E-state index is 12.7. The standard InChI is InChI=1S/C36H33N3O5S/c40-23-25-9-11-26(12-10-25)33-22-32(24-45-34-8-4-5-21-37-34)43-35(44-33)27-13-15-28(16-14-27)38-36(41)39-29-17-19-31(20-18-29)42-30-6-2-1-3-7-30/h1-21,32-33,35,40H,22-24H2,(H2,38,39,41)/t32-,33+,35+/m0/s1. The third kappa shape index (κ3) is 8.49. The average Bonchev–Trinajstić information content (AvgIpc) is 3.09. The van der Waals surface area contributed by atoms with E-state index in [0.29, 0.717) is 23.5 Å². The van der Waals surface area contributed by atoms with E-state index >= 15 is 0 Å². The van der Waals surface area contributed by atoms with Crippen molar-refractivity contribution in [3.8, 4) is 11.5 Å². The van der Waals surface area contributed by atoms with Gasteiger partial charge in [0.15, 0.2) is 6.29 Å². The summed E-state index contributed by atoms with van der Waals surface area (Å²) >= 11 is 1.65. The first kappa shape index (κ1) is 30.4. The Kier molecular flexibility index (Phi) is 10.0. The van der Waals surface area contributed by atoms with Crippen molar-refractivity contribution in [1.82, 2.24) is 4.98 Å². The highest BCUT2D eigenvalue weighted by Gasteiger charge is 2.32. The largest absolute Gasteiger partial charge is 0.457 e. The lowest BCUT2D eigenvalue weighted by Gasteiger charge is -2.36. The van der Waals surface area contributed by atoms with Crippen molar-refractivity contribution in [1.29, 1.82) is 0 Å². The Labute approximate surface area is 266 Å². The molecule has 1 fully saturated rings. The summed E-state index contributed by atoms with van der Waals surface area (Å²) in [6.45, 7) is -0.00468. The Morgan fingerprint density at radius 1 is 0.778 bits per heavy atom. The summed E-state index contributed by atoms with van der Waals surface area (Å²) in [7, 11) is 0. The summed E-state index contributed by atoms with van der Waals surface area (Å²) in [4.78, 5) is 17.1. The third-order valence-electron chi connectivity index (χ3n) is 7.20. The SMILES string of the molecule is O=C(Nc1ccc(Oc2ccccc2)cc1)Nc1ccc([C@@H]2O[C@H](CSc3ccccn3)C[C@H](c3ccc(CO)cc3)O2)cc1. The van der Waals surface area contributed by atoms with Crippen LogP contribution in [0, 0.1) is 0 Å². The molecular weight excluding hydrogens is 586 g/mol. The summed E-state index contributed by atoms with van der Waals surface area (Å²) < 4.78 is 18.7. The lowest BCUT2D eigenvalue weighted by molar-refractivity contribution is -0.245. The Morgan fingerprint density at radius 3 is 2.09 bits per heavy atom. The minimum atomic E-state index is -0.588. The molecule has 0 unspecified atom stereocenters. The zero-order chi connectivity index (χ0) is 30.8. The second-order valence-corrected chi connectivity index (χ2v) is 11.5. The van der Waals surface area contributed by atoms with E-state index in [1.807, 2.05) is 97.1 Å². The van der Waals surface area contributed by atoms with Crippen LogP contribution in [-0.4, -0.2) is 28.0 Å². The number of nitrogens with zero attached hydrogens (tertiary/aromatic N) is 1. The van der Waals surface area contributed by atoms with Crippen molar-refractivity contribution in [3.63, 3.8) is 0 Å². The molecule has 9 heteroatoms. The van der Waals surface area contributed by atoms with Crippen LogP contribution >= 0.6 is 11.8 Å². The van der Waals surface area contributed by atoms with Crippen molar-refractivity contribution >= 4 is 29.2 Å². The minimum absolute atomic E-state index is 0.00468. The number of thioether (sulfide) groups is 1. The summed E-state index contributed by atoms with van der Waals surface area (Å²) in [5.74, 6) is 2.15. The van der Waals surface area contributed by atoms with Crippen LogP contribution in [0.4, 0.5) is 16.2 Å². The molecule has 2 amide bonds. The number of hydrogen-bond donors (Lipinski definition) is 3. The van der Waals surface area contributed by atoms with Crippen LogP contribution in [0.3, 0.4) is 0 Å². The van der Waals surface area contributed by atoms with Crippen molar-refractivity contribution in [3.05, 3.63) is 144 Å². The van der Waals surface area contributed by atoms with E-state index in [1.54, 1.807) is 42.2 Å². The topological polar surface area (TPSA) is 102 Å². The van der Waals surface area contributed by atoms with E-state index in [9.17, 15) is 9.90 Å². The molecule has 0 spiro atoms. The van der Waals surface area contributed by atoms with Crippen molar-refractivity contribution in [2.24, 2.45) is 0 Å². The highest BCUT2D eigenvalue weighted by Crippen LogP contribution is 2.39. The first-order valence-corrected chi connectivity index (χ1v) is 15.7. The van der Waals surface area contributed by atoms with Gasteiger partial charge in [0.25, 0.3) is 0 Å². The van der Waals surface area contributed by atoms with E-state index in [-0.39, 0.29) is 24.8 Å². The molecule has 1 aliphatic rings. The molecule has 8 nitrogen and oxygen atoms in total. The number of aromatic nitrogens is 1. The normalized spacial score (nSPS) is 17.8. The van der Waals surface area contributed by atoms with Gasteiger partial charge in [0, 0.05) is 35.3 Å². The van der Waals surface area contributed by atoms with Gasteiger partial charge in [-0.2, -0.15) is 0 Å². The van der Waals surface area contributed by atoms with E-state index in [0.717, 1.165) is 33.2 Å². The Morgan fingerprint density at radius 2 is 1.42 bits per heavy atom. The van der Waals surface area contributed by atoms with E-state index in [1.165, 1.54) is 0 Å². The van der Waals surface area contributed by atoms with Crippen LogP contribution in [0.15, 0.2) is 133 Å². The molecule has 2 heterocycles. The molecule has 0 saturated carbocycles. The van der Waals surface area contributed by atoms with Crippen LogP contribution in [-0.2, 0) is 16.1 Å². The van der Waals surface area contributed by atoms with Gasteiger partial charge in [0.1, 0.15) is 11.5 Å². The van der Waals surface area contributed by atoms with Crippen molar-refractivity contribution in [2.45, 2.75) is 36.6 Å². The van der Waals surface area contributed by atoms with Gasteiger partial charge in [0.2, 0.25) is 0 Å². The first-order valence-electron chi connectivity index (χ1n) is 14.7. The number of carbonyl (C=O) groups excluding carboxylic acids is 1. The summed E-state index contributed by atoms with van der Waals surface area (Å²) in [6, 6.07) is 37.5. The van der Waals surface area contributed by atoms with Crippen molar-refractivity contribution < 1.29 is 24.1 Å². The maximum atomic E-state index is 12.7. The molecule has 45 heavy (non-hydrogen) atoms. The molecule has 5 aromatic rings. The fraction of sp³-hybridized carbons (Fsp3) is 0.167. The number of benzene rings is 4. The lowest BCUT2D eigenvalue weighted by atomic mass is 10.0. The Bertz CT molecular complexity index is 1650. The Balaban J connectivity index is 1.08. The number of aliphatic hydroxyl groups excluding tert-OH is 1. The van der Waals surface area contributed by atoms with Crippen LogP contribution in [0.5, 0.6) is 11.5 Å². The summed E-state index contributed by atoms with van der Waals surface area (Å²) in [6.07, 6.45) is 1.63. The van der Waals surface area contributed by atoms with Gasteiger partial charge in [-0.3, -0.25) is 0 Å². The van der Waals surface area contributed by atoms with Gasteiger partial charge in [-0.25, -0.2) is 9.78 Å². The summed E-state index contributed by atoms with van der Waals surface area (Å²) in [5.41, 5.74) is 4.00. The smallest absolute Gasteiger partial charge is 0.323 e. The fourth-order valence-electron chi connectivity index (χ4n) is 4.88. The molecule has 4 aromatic carbocycles. The summed E-state index contributed by atoms with van der Waals surface area (Å²) in [5, 5.41) is 16.1. The maximum Gasteiger partial charge on any atom is 0.323 e. The van der Waals surface area contributed by atoms with Crippen LogP contribution in [0.1, 0.15) is 35.5 Å². The van der Waals surface area contributed by atoms with Crippen LogP contribution in [0.2, 0.25) is 0 Å². The highest BCUT2D eigenvalue weighted by atomic mass is 32.2.